The zero-order valence-electron chi connectivity index (χ0n) is 21.3. The highest BCUT2D eigenvalue weighted by Crippen LogP contribution is 2.28. The van der Waals surface area contributed by atoms with E-state index in [1.165, 1.54) is 0 Å². The number of fused-ring (bicyclic) bond motifs is 1. The van der Waals surface area contributed by atoms with Crippen molar-refractivity contribution in [3.05, 3.63) is 99.0 Å². The summed E-state index contributed by atoms with van der Waals surface area (Å²) in [5.41, 5.74) is 6.47. The number of nitrogens with zero attached hydrogens (tertiary/aromatic N) is 2. The maximum Gasteiger partial charge on any atom is 0.248 e. The van der Waals surface area contributed by atoms with Gasteiger partial charge in [0, 0.05) is 73.1 Å². The van der Waals surface area contributed by atoms with E-state index in [-0.39, 0.29) is 11.3 Å². The molecule has 0 radical (unpaired) electrons. The summed E-state index contributed by atoms with van der Waals surface area (Å²) in [6.45, 7) is 5.20. The summed E-state index contributed by atoms with van der Waals surface area (Å²) in [4.78, 5) is 34.8. The van der Waals surface area contributed by atoms with Crippen LogP contribution < -0.4 is 20.5 Å². The zero-order chi connectivity index (χ0) is 25.8. The van der Waals surface area contributed by atoms with Crippen molar-refractivity contribution >= 4 is 22.4 Å². The van der Waals surface area contributed by atoms with Gasteiger partial charge in [-0.3, -0.25) is 9.59 Å². The molecule has 1 saturated heterocycles. The van der Waals surface area contributed by atoms with Gasteiger partial charge in [-0.1, -0.05) is 12.1 Å². The van der Waals surface area contributed by atoms with Crippen molar-refractivity contribution in [2.24, 2.45) is 0 Å². The van der Waals surface area contributed by atoms with Crippen LogP contribution in [0.15, 0.2) is 65.6 Å². The Kier molecular flexibility index (Phi) is 7.32. The Bertz CT molecular complexity index is 1490. The van der Waals surface area contributed by atoms with E-state index in [1.807, 2.05) is 43.3 Å². The molecule has 2 N–H and O–H groups in total. The quantitative estimate of drug-likeness (QED) is 0.331. The second-order valence-corrected chi connectivity index (χ2v) is 9.65. The molecular weight excluding hydrogens is 464 g/mol. The summed E-state index contributed by atoms with van der Waals surface area (Å²) in [5, 5.41) is 4.44. The minimum Gasteiger partial charge on any atom is -0.481 e. The fourth-order valence-corrected chi connectivity index (χ4v) is 5.03. The Labute approximate surface area is 216 Å². The minimum atomic E-state index is -0.113. The van der Waals surface area contributed by atoms with Gasteiger partial charge in [-0.2, -0.15) is 0 Å². The topological polar surface area (TPSA) is 87.3 Å². The zero-order valence-corrected chi connectivity index (χ0v) is 21.3. The van der Waals surface area contributed by atoms with Crippen LogP contribution in [0.3, 0.4) is 0 Å². The SMILES string of the molecule is COc1cc(CNCc2ccc(N3CCCC3)c(C(=O)Cc3ccc4[nH]c(=O)cc(C)c4c3)c2)ccn1. The molecular formula is C30H32N4O3. The summed E-state index contributed by atoms with van der Waals surface area (Å²) >= 11 is 0. The van der Waals surface area contributed by atoms with E-state index in [0.29, 0.717) is 25.4 Å². The van der Waals surface area contributed by atoms with E-state index < -0.39 is 0 Å². The molecule has 37 heavy (non-hydrogen) atoms. The van der Waals surface area contributed by atoms with Gasteiger partial charge >= 0.3 is 0 Å². The number of aromatic amines is 1. The monoisotopic (exact) mass is 496 g/mol. The van der Waals surface area contributed by atoms with Crippen LogP contribution in [-0.2, 0) is 19.5 Å². The molecule has 0 spiro atoms. The third-order valence-corrected chi connectivity index (χ3v) is 6.95. The van der Waals surface area contributed by atoms with Gasteiger partial charge in [-0.15, -0.1) is 0 Å². The number of carbonyl (C=O) groups excluding carboxylic acids is 1. The van der Waals surface area contributed by atoms with Crippen LogP contribution in [0.4, 0.5) is 5.69 Å². The number of carbonyl (C=O) groups is 1. The van der Waals surface area contributed by atoms with Gasteiger partial charge in [-0.05, 0) is 72.4 Å². The number of nitrogens with one attached hydrogen (secondary N) is 2. The van der Waals surface area contributed by atoms with Crippen LogP contribution in [0.1, 0.15) is 45.5 Å². The van der Waals surface area contributed by atoms with Crippen LogP contribution in [-0.4, -0.2) is 36.0 Å². The molecule has 1 fully saturated rings. The lowest BCUT2D eigenvalue weighted by Gasteiger charge is -2.22. The highest BCUT2D eigenvalue weighted by molar-refractivity contribution is 6.03. The molecule has 7 nitrogen and oxygen atoms in total. The third kappa shape index (κ3) is 5.73. The number of pyridine rings is 2. The lowest BCUT2D eigenvalue weighted by molar-refractivity contribution is 0.0993. The summed E-state index contributed by atoms with van der Waals surface area (Å²) < 4.78 is 5.21. The molecule has 2 aromatic heterocycles. The third-order valence-electron chi connectivity index (χ3n) is 6.95. The molecule has 3 heterocycles. The summed E-state index contributed by atoms with van der Waals surface area (Å²) in [5.74, 6) is 0.696. The van der Waals surface area contributed by atoms with Crippen molar-refractivity contribution in [3.63, 3.8) is 0 Å². The number of Topliss-reactive ketones (excluding diaryl/α,β-unsaturated/α-hetero) is 1. The van der Waals surface area contributed by atoms with Gasteiger partial charge in [0.25, 0.3) is 0 Å². The fourth-order valence-electron chi connectivity index (χ4n) is 5.03. The average molecular weight is 497 g/mol. The molecule has 7 heteroatoms. The Hall–Kier alpha value is -3.97. The van der Waals surface area contributed by atoms with E-state index in [2.05, 4.69) is 32.3 Å². The highest BCUT2D eigenvalue weighted by Gasteiger charge is 2.20. The van der Waals surface area contributed by atoms with Crippen molar-refractivity contribution in [3.8, 4) is 5.88 Å². The maximum atomic E-state index is 13.7. The van der Waals surface area contributed by atoms with Gasteiger partial charge in [0.15, 0.2) is 5.78 Å². The molecule has 0 atom stereocenters. The number of aromatic nitrogens is 2. The highest BCUT2D eigenvalue weighted by atomic mass is 16.5. The molecule has 1 aliphatic rings. The van der Waals surface area contributed by atoms with Gasteiger partial charge in [0.1, 0.15) is 0 Å². The van der Waals surface area contributed by atoms with E-state index in [4.69, 9.17) is 4.74 Å². The maximum absolute atomic E-state index is 13.7. The number of anilines is 1. The second-order valence-electron chi connectivity index (χ2n) is 9.65. The minimum absolute atomic E-state index is 0.101. The number of ether oxygens (including phenoxy) is 1. The molecule has 190 valence electrons. The van der Waals surface area contributed by atoms with Gasteiger partial charge < -0.3 is 19.9 Å². The van der Waals surface area contributed by atoms with E-state index >= 15 is 0 Å². The first-order valence-corrected chi connectivity index (χ1v) is 12.7. The Balaban J connectivity index is 1.36. The molecule has 0 saturated carbocycles. The molecule has 0 bridgehead atoms. The Morgan fingerprint density at radius 1 is 1.00 bits per heavy atom. The molecule has 1 aliphatic heterocycles. The Morgan fingerprint density at radius 2 is 1.76 bits per heavy atom. The van der Waals surface area contributed by atoms with E-state index in [1.54, 1.807) is 19.4 Å². The van der Waals surface area contributed by atoms with Crippen molar-refractivity contribution in [1.82, 2.24) is 15.3 Å². The number of ketones is 1. The van der Waals surface area contributed by atoms with E-state index in [9.17, 15) is 9.59 Å². The summed E-state index contributed by atoms with van der Waals surface area (Å²) in [6, 6.07) is 17.6. The van der Waals surface area contributed by atoms with Crippen LogP contribution in [0.2, 0.25) is 0 Å². The van der Waals surface area contributed by atoms with E-state index in [0.717, 1.165) is 70.3 Å². The normalized spacial score (nSPS) is 13.3. The van der Waals surface area contributed by atoms with Crippen LogP contribution >= 0.6 is 0 Å². The molecule has 4 aromatic rings. The fraction of sp³-hybridized carbons (Fsp3) is 0.300. The Morgan fingerprint density at radius 3 is 2.54 bits per heavy atom. The first kappa shape index (κ1) is 24.7. The number of hydrogen-bond acceptors (Lipinski definition) is 6. The van der Waals surface area contributed by atoms with Crippen LogP contribution in [0.25, 0.3) is 10.9 Å². The lowest BCUT2D eigenvalue weighted by Crippen LogP contribution is -2.22. The largest absolute Gasteiger partial charge is 0.481 e. The number of benzene rings is 2. The lowest BCUT2D eigenvalue weighted by atomic mass is 9.97. The van der Waals surface area contributed by atoms with Gasteiger partial charge in [0.2, 0.25) is 11.4 Å². The van der Waals surface area contributed by atoms with Crippen molar-refractivity contribution < 1.29 is 9.53 Å². The number of H-pyrrole nitrogens is 1. The number of aryl methyl sites for hydroxylation is 1. The first-order chi connectivity index (χ1) is 18.0. The molecule has 0 aliphatic carbocycles. The predicted molar refractivity (Wildman–Crippen MR) is 147 cm³/mol. The van der Waals surface area contributed by atoms with Gasteiger partial charge in [0.05, 0.1) is 7.11 Å². The standard InChI is InChI=1S/C30H32N4O3/c1-20-13-29(36)33-26-7-5-21(14-24(20)26)16-28(35)25-15-22(6-8-27(25)34-11-3-4-12-34)18-31-19-23-9-10-32-30(17-23)37-2/h5-10,13-15,17,31H,3-4,11-12,16,18-19H2,1-2H3,(H,33,36). The second kappa shape index (κ2) is 11.0. The summed E-state index contributed by atoms with van der Waals surface area (Å²) in [7, 11) is 1.61. The molecule has 2 aromatic carbocycles. The molecule has 0 amide bonds. The average Bonchev–Trinajstić information content (AvgIpc) is 3.44. The van der Waals surface area contributed by atoms with Crippen LogP contribution in [0, 0.1) is 6.92 Å². The first-order valence-electron chi connectivity index (χ1n) is 12.7. The molecule has 5 rings (SSSR count). The number of hydrogen-bond donors (Lipinski definition) is 2. The van der Waals surface area contributed by atoms with Crippen molar-refractivity contribution in [1.29, 1.82) is 0 Å². The van der Waals surface area contributed by atoms with Crippen molar-refractivity contribution in [2.45, 2.75) is 39.3 Å². The number of methoxy groups -OCH3 is 1. The van der Waals surface area contributed by atoms with Crippen LogP contribution in [0.5, 0.6) is 5.88 Å². The summed E-state index contributed by atoms with van der Waals surface area (Å²) in [6.07, 6.45) is 4.34. The number of rotatable bonds is 9. The van der Waals surface area contributed by atoms with Crippen molar-refractivity contribution in [2.75, 3.05) is 25.1 Å². The smallest absolute Gasteiger partial charge is 0.248 e. The molecule has 0 unspecified atom stereocenters. The van der Waals surface area contributed by atoms with Gasteiger partial charge in [-0.25, -0.2) is 4.98 Å². The predicted octanol–water partition coefficient (Wildman–Crippen LogP) is 4.56.